The van der Waals surface area contributed by atoms with Crippen molar-refractivity contribution in [3.63, 3.8) is 0 Å². The number of hydrogen-bond donors (Lipinski definition) is 3. The third-order valence-corrected chi connectivity index (χ3v) is 5.64. The Balaban J connectivity index is 1.75. The molecule has 0 aliphatic carbocycles. The number of aliphatic imine (C=N–C) groups is 1. The minimum atomic E-state index is -0.899. The Morgan fingerprint density at radius 2 is 2.21 bits per heavy atom. The third-order valence-electron chi connectivity index (χ3n) is 5.64. The molecular formula is C23H25FN8O2. The summed E-state index contributed by atoms with van der Waals surface area (Å²) in [7, 11) is 0. The van der Waals surface area contributed by atoms with Crippen LogP contribution in [0.25, 0.3) is 5.52 Å². The average molecular weight is 465 g/mol. The van der Waals surface area contributed by atoms with E-state index in [0.29, 0.717) is 28.2 Å². The lowest BCUT2D eigenvalue weighted by molar-refractivity contribution is 0.114. The minimum absolute atomic E-state index is 0.177. The Hall–Kier alpha value is -3.88. The lowest BCUT2D eigenvalue weighted by Gasteiger charge is -2.20. The van der Waals surface area contributed by atoms with Crippen LogP contribution < -0.4 is 15.9 Å². The second-order valence-corrected chi connectivity index (χ2v) is 7.92. The number of rotatable bonds is 7. The number of piperidine rings is 1. The Bertz CT molecular complexity index is 1260. The molecular weight excluding hydrogens is 439 g/mol. The number of halogens is 1. The van der Waals surface area contributed by atoms with Crippen molar-refractivity contribution in [2.75, 3.05) is 19.7 Å². The van der Waals surface area contributed by atoms with Crippen molar-refractivity contribution in [1.82, 2.24) is 19.9 Å². The van der Waals surface area contributed by atoms with E-state index < -0.39 is 18.5 Å². The van der Waals surface area contributed by atoms with E-state index in [1.165, 1.54) is 22.8 Å². The van der Waals surface area contributed by atoms with Crippen molar-refractivity contribution in [2.24, 2.45) is 15.9 Å². The van der Waals surface area contributed by atoms with Gasteiger partial charge in [-0.15, -0.1) is 0 Å². The van der Waals surface area contributed by atoms with E-state index in [1.807, 2.05) is 6.92 Å². The van der Waals surface area contributed by atoms with Gasteiger partial charge in [0.2, 0.25) is 0 Å². The van der Waals surface area contributed by atoms with E-state index in [1.54, 1.807) is 12.3 Å². The van der Waals surface area contributed by atoms with Gasteiger partial charge < -0.3 is 21.0 Å². The molecule has 3 aromatic rings. The fourth-order valence-corrected chi connectivity index (χ4v) is 3.96. The number of nitrogens with zero attached hydrogens (tertiary/aromatic N) is 6. The topological polar surface area (TPSA) is 146 Å². The van der Waals surface area contributed by atoms with Gasteiger partial charge in [0.05, 0.1) is 36.4 Å². The molecule has 3 aromatic heterocycles. The monoisotopic (exact) mass is 464 g/mol. The molecule has 176 valence electrons. The normalized spacial score (nSPS) is 16.4. The average Bonchev–Trinajstić information content (AvgIpc) is 3.27. The first-order valence-electron chi connectivity index (χ1n) is 10.9. The number of nitrogens with two attached hydrogens (primary N) is 1. The molecule has 1 aliphatic rings. The summed E-state index contributed by atoms with van der Waals surface area (Å²) in [4.78, 5) is 8.81. The van der Waals surface area contributed by atoms with Crippen molar-refractivity contribution in [1.29, 1.82) is 5.26 Å². The molecule has 0 radical (unpaired) electrons. The molecule has 1 fully saturated rings. The molecule has 34 heavy (non-hydrogen) atoms. The van der Waals surface area contributed by atoms with Crippen molar-refractivity contribution in [3.05, 3.63) is 59.4 Å². The van der Waals surface area contributed by atoms with Crippen molar-refractivity contribution < 1.29 is 14.2 Å². The molecule has 4 heterocycles. The molecule has 10 nitrogen and oxygen atoms in total. The summed E-state index contributed by atoms with van der Waals surface area (Å²) in [5.74, 6) is 5.53. The fourth-order valence-electron chi connectivity index (χ4n) is 3.96. The molecule has 4 N–H and O–H groups in total. The van der Waals surface area contributed by atoms with Gasteiger partial charge in [-0.05, 0) is 51.1 Å². The van der Waals surface area contributed by atoms with E-state index in [4.69, 9.17) is 15.6 Å². The van der Waals surface area contributed by atoms with Gasteiger partial charge in [0, 0.05) is 11.8 Å². The molecule has 1 atom stereocenters. The number of nitrogens with one attached hydrogen (secondary N) is 1. The number of pyridine rings is 2. The number of hydrazone groups is 1. The SMILES string of the molecule is CC(=NC1CCNCC1)/C(=N\N)c1cc(OC(CO)c2ccc(F)cn2)c2c(C#N)cnn2c1. The Morgan fingerprint density at radius 1 is 1.41 bits per heavy atom. The highest BCUT2D eigenvalue weighted by molar-refractivity contribution is 6.47. The van der Waals surface area contributed by atoms with Crippen LogP contribution in [-0.4, -0.2) is 56.9 Å². The highest BCUT2D eigenvalue weighted by atomic mass is 19.1. The van der Waals surface area contributed by atoms with Gasteiger partial charge in [-0.1, -0.05) is 0 Å². The summed E-state index contributed by atoms with van der Waals surface area (Å²) in [5.41, 5.74) is 2.75. The summed E-state index contributed by atoms with van der Waals surface area (Å²) in [6.07, 6.45) is 5.12. The maximum Gasteiger partial charge on any atom is 0.163 e. The van der Waals surface area contributed by atoms with Gasteiger partial charge in [0.25, 0.3) is 0 Å². The minimum Gasteiger partial charge on any atom is -0.479 e. The van der Waals surface area contributed by atoms with Gasteiger partial charge in [-0.3, -0.25) is 9.98 Å². The van der Waals surface area contributed by atoms with Crippen LogP contribution in [-0.2, 0) is 0 Å². The van der Waals surface area contributed by atoms with E-state index in [9.17, 15) is 14.8 Å². The van der Waals surface area contributed by atoms with Gasteiger partial charge >= 0.3 is 0 Å². The van der Waals surface area contributed by atoms with E-state index in [-0.39, 0.29) is 17.4 Å². The van der Waals surface area contributed by atoms with Gasteiger partial charge in [0.1, 0.15) is 34.4 Å². The highest BCUT2D eigenvalue weighted by Crippen LogP contribution is 2.29. The summed E-state index contributed by atoms with van der Waals surface area (Å²) in [5, 5.41) is 31.0. The lowest BCUT2D eigenvalue weighted by Crippen LogP contribution is -2.31. The number of nitriles is 1. The Morgan fingerprint density at radius 3 is 2.85 bits per heavy atom. The zero-order valence-electron chi connectivity index (χ0n) is 18.6. The van der Waals surface area contributed by atoms with E-state index in [0.717, 1.165) is 32.1 Å². The molecule has 0 amide bonds. The van der Waals surface area contributed by atoms with Gasteiger partial charge in [0.15, 0.2) is 6.10 Å². The second kappa shape index (κ2) is 10.4. The summed E-state index contributed by atoms with van der Waals surface area (Å²) in [6, 6.07) is 6.61. The molecule has 4 rings (SSSR count). The highest BCUT2D eigenvalue weighted by Gasteiger charge is 2.22. The quantitative estimate of drug-likeness (QED) is 0.274. The number of ether oxygens (including phenoxy) is 1. The molecule has 1 saturated heterocycles. The van der Waals surface area contributed by atoms with Crippen molar-refractivity contribution in [3.8, 4) is 11.8 Å². The molecule has 11 heteroatoms. The molecule has 1 unspecified atom stereocenters. The first-order chi connectivity index (χ1) is 16.5. The van der Waals surface area contributed by atoms with Crippen LogP contribution in [0.15, 0.2) is 46.9 Å². The predicted octanol–water partition coefficient (Wildman–Crippen LogP) is 1.73. The van der Waals surface area contributed by atoms with Crippen LogP contribution in [0.5, 0.6) is 5.75 Å². The summed E-state index contributed by atoms with van der Waals surface area (Å²) >= 11 is 0. The number of aromatic nitrogens is 3. The van der Waals surface area contributed by atoms with Crippen molar-refractivity contribution in [2.45, 2.75) is 31.9 Å². The van der Waals surface area contributed by atoms with Gasteiger partial charge in [-0.2, -0.15) is 15.5 Å². The summed E-state index contributed by atoms with van der Waals surface area (Å²) < 4.78 is 20.9. The van der Waals surface area contributed by atoms with Crippen LogP contribution in [0, 0.1) is 17.1 Å². The molecule has 0 saturated carbocycles. The molecule has 0 spiro atoms. The van der Waals surface area contributed by atoms with Gasteiger partial charge in [-0.25, -0.2) is 8.91 Å². The first-order valence-corrected chi connectivity index (χ1v) is 10.9. The van der Waals surface area contributed by atoms with Crippen LogP contribution in [0.1, 0.15) is 42.7 Å². The maximum absolute atomic E-state index is 13.3. The Labute approximate surface area is 195 Å². The number of hydrogen-bond acceptors (Lipinski definition) is 9. The van der Waals surface area contributed by atoms with Crippen LogP contribution in [0.3, 0.4) is 0 Å². The summed E-state index contributed by atoms with van der Waals surface area (Å²) in [6.45, 7) is 3.25. The number of aliphatic hydroxyl groups excluding tert-OH is 1. The molecule has 1 aliphatic heterocycles. The Kier molecular flexibility index (Phi) is 7.10. The lowest BCUT2D eigenvalue weighted by atomic mass is 10.0. The smallest absolute Gasteiger partial charge is 0.163 e. The fraction of sp³-hybridized carbons (Fsp3) is 0.348. The van der Waals surface area contributed by atoms with E-state index >= 15 is 0 Å². The van der Waals surface area contributed by atoms with Crippen molar-refractivity contribution >= 4 is 16.9 Å². The zero-order valence-corrected chi connectivity index (χ0v) is 18.6. The predicted molar refractivity (Wildman–Crippen MR) is 124 cm³/mol. The first kappa shape index (κ1) is 23.3. The zero-order chi connectivity index (χ0) is 24.1. The number of fused-ring (bicyclic) bond motifs is 1. The van der Waals surface area contributed by atoms with Crippen LogP contribution in [0.2, 0.25) is 0 Å². The van der Waals surface area contributed by atoms with E-state index in [2.05, 4.69) is 26.6 Å². The molecule has 0 aromatic carbocycles. The second-order valence-electron chi connectivity index (χ2n) is 7.92. The number of aliphatic hydroxyl groups is 1. The standard InChI is InChI=1S/C23H25FN8O2/c1-14(30-18-4-6-27-7-5-18)22(31-26)15-8-20(23-16(9-25)10-29-32(23)12-15)34-21(13-33)19-3-2-17(24)11-28-19/h2-3,8,10-12,18,21,27,33H,4-7,13,26H2,1H3/b30-14?,31-22+. The van der Waals surface area contributed by atoms with Crippen LogP contribution >= 0.6 is 0 Å². The maximum atomic E-state index is 13.3. The largest absolute Gasteiger partial charge is 0.479 e. The van der Waals surface area contributed by atoms with Crippen LogP contribution in [0.4, 0.5) is 4.39 Å². The third kappa shape index (κ3) is 4.88. The molecule has 0 bridgehead atoms.